The topological polar surface area (TPSA) is 68.2 Å². The number of rotatable bonds is 1. The highest BCUT2D eigenvalue weighted by atomic mass is 35.5. The summed E-state index contributed by atoms with van der Waals surface area (Å²) < 4.78 is 5.60. The van der Waals surface area contributed by atoms with Gasteiger partial charge in [0.1, 0.15) is 0 Å². The lowest BCUT2D eigenvalue weighted by Crippen LogP contribution is -2.26. The third kappa shape index (κ3) is 2.62. The van der Waals surface area contributed by atoms with Crippen LogP contribution in [0.2, 0.25) is 0 Å². The molecule has 2 aromatic heterocycles. The number of pyridine rings is 1. The lowest BCUT2D eigenvalue weighted by Gasteiger charge is -2.11. The van der Waals surface area contributed by atoms with Gasteiger partial charge in [-0.3, -0.25) is 0 Å². The first-order chi connectivity index (χ1) is 7.33. The van der Waals surface area contributed by atoms with Gasteiger partial charge >= 0.3 is 0 Å². The molecule has 0 aliphatic carbocycles. The maximum Gasteiger partial charge on any atom is 0.299 e. The molecule has 3 rings (SSSR count). The van der Waals surface area contributed by atoms with E-state index in [1.54, 1.807) is 6.20 Å². The van der Waals surface area contributed by atoms with Crippen molar-refractivity contribution in [2.24, 2.45) is 5.73 Å². The Morgan fingerprint density at radius 3 is 2.88 bits per heavy atom. The highest BCUT2D eigenvalue weighted by molar-refractivity contribution is 5.85. The van der Waals surface area contributed by atoms with E-state index in [9.17, 15) is 0 Å². The average Bonchev–Trinajstić information content (AvgIpc) is 2.82. The van der Waals surface area contributed by atoms with Crippen LogP contribution in [0, 0.1) is 0 Å². The van der Waals surface area contributed by atoms with Crippen molar-refractivity contribution >= 4 is 42.1 Å². The second kappa shape index (κ2) is 5.53. The number of nitrogens with two attached hydrogens (primary N) is 1. The first kappa shape index (κ1) is 14.0. The summed E-state index contributed by atoms with van der Waals surface area (Å²) >= 11 is 0. The molecule has 0 radical (unpaired) electrons. The molecule has 1 aliphatic heterocycles. The number of fused-ring (bicyclic) bond motifs is 1. The van der Waals surface area contributed by atoms with E-state index in [-0.39, 0.29) is 30.9 Å². The fraction of sp³-hybridized carbons (Fsp3) is 0.400. The second-order valence-corrected chi connectivity index (χ2v) is 3.82. The van der Waals surface area contributed by atoms with Gasteiger partial charge < -0.3 is 15.1 Å². The quantitative estimate of drug-likeness (QED) is 0.857. The normalized spacial score (nSPS) is 18.9. The standard InChI is InChI=1S/C10H12N4O.2ClH/c11-7-3-5-14(6-7)10-13-9-8(15-10)2-1-4-12-9;;/h1-2,4,7H,3,5-6,11H2;2*1H. The molecule has 0 spiro atoms. The summed E-state index contributed by atoms with van der Waals surface area (Å²) in [5.74, 6) is 0. The van der Waals surface area contributed by atoms with Crippen LogP contribution in [-0.2, 0) is 0 Å². The Balaban J connectivity index is 0.000000722. The fourth-order valence-corrected chi connectivity index (χ4v) is 1.85. The zero-order valence-electron chi connectivity index (χ0n) is 9.07. The highest BCUT2D eigenvalue weighted by Gasteiger charge is 2.23. The van der Waals surface area contributed by atoms with Crippen molar-refractivity contribution in [3.8, 4) is 0 Å². The third-order valence-electron chi connectivity index (χ3n) is 2.65. The van der Waals surface area contributed by atoms with Gasteiger partial charge in [-0.1, -0.05) is 0 Å². The van der Waals surface area contributed by atoms with Crippen LogP contribution >= 0.6 is 24.8 Å². The number of anilines is 1. The highest BCUT2D eigenvalue weighted by Crippen LogP contribution is 2.22. The van der Waals surface area contributed by atoms with Gasteiger partial charge in [-0.25, -0.2) is 4.98 Å². The van der Waals surface area contributed by atoms with Crippen molar-refractivity contribution in [1.82, 2.24) is 9.97 Å². The Morgan fingerprint density at radius 2 is 2.24 bits per heavy atom. The largest absolute Gasteiger partial charge is 0.422 e. The number of aromatic nitrogens is 2. The molecule has 3 heterocycles. The molecule has 7 heteroatoms. The minimum absolute atomic E-state index is 0. The lowest BCUT2D eigenvalue weighted by atomic mass is 10.3. The molecule has 0 amide bonds. The van der Waals surface area contributed by atoms with Gasteiger partial charge in [-0.05, 0) is 18.6 Å². The second-order valence-electron chi connectivity index (χ2n) is 3.82. The number of halogens is 2. The zero-order chi connectivity index (χ0) is 10.3. The van der Waals surface area contributed by atoms with Gasteiger partial charge in [-0.15, -0.1) is 24.8 Å². The Hall–Kier alpha value is -1.04. The van der Waals surface area contributed by atoms with Crippen LogP contribution < -0.4 is 10.6 Å². The Labute approximate surface area is 111 Å². The lowest BCUT2D eigenvalue weighted by molar-refractivity contribution is 0.583. The van der Waals surface area contributed by atoms with Crippen molar-refractivity contribution in [2.45, 2.75) is 12.5 Å². The van der Waals surface area contributed by atoms with Crippen molar-refractivity contribution in [2.75, 3.05) is 18.0 Å². The molecule has 1 saturated heterocycles. The minimum atomic E-state index is 0. The molecule has 1 atom stereocenters. The van der Waals surface area contributed by atoms with Crippen LogP contribution in [-0.4, -0.2) is 29.1 Å². The van der Waals surface area contributed by atoms with E-state index >= 15 is 0 Å². The molecule has 0 aromatic carbocycles. The van der Waals surface area contributed by atoms with E-state index in [1.807, 2.05) is 12.1 Å². The van der Waals surface area contributed by atoms with Gasteiger partial charge in [0, 0.05) is 25.3 Å². The molecule has 2 N–H and O–H groups in total. The predicted octanol–water partition coefficient (Wildman–Crippen LogP) is 1.60. The Bertz CT molecular complexity index is 457. The zero-order valence-corrected chi connectivity index (χ0v) is 10.7. The monoisotopic (exact) mass is 276 g/mol. The number of nitrogens with zero attached hydrogens (tertiary/aromatic N) is 3. The first-order valence-corrected chi connectivity index (χ1v) is 5.05. The molecule has 0 bridgehead atoms. The smallest absolute Gasteiger partial charge is 0.299 e. The average molecular weight is 277 g/mol. The van der Waals surface area contributed by atoms with Crippen molar-refractivity contribution in [1.29, 1.82) is 0 Å². The molecule has 17 heavy (non-hydrogen) atoms. The van der Waals surface area contributed by atoms with Gasteiger partial charge in [0.15, 0.2) is 5.58 Å². The van der Waals surface area contributed by atoms with E-state index in [1.165, 1.54) is 0 Å². The van der Waals surface area contributed by atoms with Crippen LogP contribution in [0.15, 0.2) is 22.7 Å². The number of oxazole rings is 1. The van der Waals surface area contributed by atoms with E-state index < -0.39 is 0 Å². The van der Waals surface area contributed by atoms with Crippen LogP contribution in [0.5, 0.6) is 0 Å². The molecule has 2 aromatic rings. The molecule has 1 fully saturated rings. The van der Waals surface area contributed by atoms with Gasteiger partial charge in [0.25, 0.3) is 6.01 Å². The van der Waals surface area contributed by atoms with Gasteiger partial charge in [0.05, 0.1) is 0 Å². The first-order valence-electron chi connectivity index (χ1n) is 5.05. The fourth-order valence-electron chi connectivity index (χ4n) is 1.85. The van der Waals surface area contributed by atoms with Gasteiger partial charge in [0.2, 0.25) is 5.65 Å². The maximum absolute atomic E-state index is 5.83. The van der Waals surface area contributed by atoms with Crippen molar-refractivity contribution < 1.29 is 4.42 Å². The number of hydrogen-bond donors (Lipinski definition) is 1. The molecule has 1 aliphatic rings. The van der Waals surface area contributed by atoms with Crippen LogP contribution in [0.25, 0.3) is 11.2 Å². The summed E-state index contributed by atoms with van der Waals surface area (Å²) in [4.78, 5) is 10.5. The maximum atomic E-state index is 5.83. The molecular formula is C10H14Cl2N4O. The Morgan fingerprint density at radius 1 is 1.41 bits per heavy atom. The van der Waals surface area contributed by atoms with Crippen LogP contribution in [0.4, 0.5) is 6.01 Å². The number of hydrogen-bond acceptors (Lipinski definition) is 5. The van der Waals surface area contributed by atoms with E-state index in [2.05, 4.69) is 14.9 Å². The summed E-state index contributed by atoms with van der Waals surface area (Å²) in [6.07, 6.45) is 2.70. The third-order valence-corrected chi connectivity index (χ3v) is 2.65. The molecule has 5 nitrogen and oxygen atoms in total. The van der Waals surface area contributed by atoms with E-state index in [0.29, 0.717) is 11.7 Å². The minimum Gasteiger partial charge on any atom is -0.422 e. The summed E-state index contributed by atoms with van der Waals surface area (Å²) in [7, 11) is 0. The molecule has 1 unspecified atom stereocenters. The summed E-state index contributed by atoms with van der Waals surface area (Å²) in [6, 6.07) is 4.58. The van der Waals surface area contributed by atoms with Crippen LogP contribution in [0.3, 0.4) is 0 Å². The van der Waals surface area contributed by atoms with Gasteiger partial charge in [-0.2, -0.15) is 4.98 Å². The van der Waals surface area contributed by atoms with Crippen molar-refractivity contribution in [3.63, 3.8) is 0 Å². The van der Waals surface area contributed by atoms with Crippen molar-refractivity contribution in [3.05, 3.63) is 18.3 Å². The van der Waals surface area contributed by atoms with E-state index in [0.717, 1.165) is 25.1 Å². The van der Waals surface area contributed by atoms with E-state index in [4.69, 9.17) is 10.2 Å². The van der Waals surface area contributed by atoms with Crippen LogP contribution in [0.1, 0.15) is 6.42 Å². The summed E-state index contributed by atoms with van der Waals surface area (Å²) in [5, 5.41) is 0. The molecule has 94 valence electrons. The molecular weight excluding hydrogens is 263 g/mol. The summed E-state index contributed by atoms with van der Waals surface area (Å²) in [6.45, 7) is 1.72. The summed E-state index contributed by atoms with van der Waals surface area (Å²) in [5.41, 5.74) is 7.22. The SMILES string of the molecule is Cl.Cl.NC1CCN(c2nc3ncccc3o2)C1. The predicted molar refractivity (Wildman–Crippen MR) is 71.1 cm³/mol. The Kier molecular flexibility index (Phi) is 4.56. The molecule has 0 saturated carbocycles.